The number of nitrogens with one attached hydrogen (secondary N) is 1. The number of nitrogens with two attached hydrogens (primary N) is 1. The van der Waals surface area contributed by atoms with Crippen LogP contribution in [0.1, 0.15) is 17.3 Å². The Morgan fingerprint density at radius 2 is 1.61 bits per heavy atom. The van der Waals surface area contributed by atoms with Gasteiger partial charge in [-0.15, -0.1) is 0 Å². The lowest BCUT2D eigenvalue weighted by molar-refractivity contribution is 0.102. The quantitative estimate of drug-likeness (QED) is 0.337. The van der Waals surface area contributed by atoms with Crippen LogP contribution in [0.2, 0.25) is 0 Å². The number of amides is 1. The van der Waals surface area contributed by atoms with Crippen molar-refractivity contribution in [1.29, 1.82) is 0 Å². The van der Waals surface area contributed by atoms with Crippen molar-refractivity contribution in [2.75, 3.05) is 11.1 Å². The Labute approximate surface area is 218 Å². The van der Waals surface area contributed by atoms with Gasteiger partial charge in [-0.05, 0) is 48.4 Å². The van der Waals surface area contributed by atoms with Crippen molar-refractivity contribution < 1.29 is 9.18 Å². The SMILES string of the molecule is CCn1cc(C(=O)Nc2ccc(-c3cc(-c4cnn(C)c4)cnc3N)cc2)c(=O)c(-c2ccc(F)cc2)c1. The number of aromatic nitrogens is 4. The molecular formula is C29H25FN6O2. The van der Waals surface area contributed by atoms with E-state index in [1.807, 2.05) is 38.4 Å². The van der Waals surface area contributed by atoms with E-state index < -0.39 is 17.2 Å². The van der Waals surface area contributed by atoms with Crippen molar-refractivity contribution in [3.63, 3.8) is 0 Å². The van der Waals surface area contributed by atoms with Gasteiger partial charge in [0.05, 0.1) is 6.20 Å². The van der Waals surface area contributed by atoms with Crippen molar-refractivity contribution in [2.24, 2.45) is 7.05 Å². The number of carbonyl (C=O) groups is 1. The van der Waals surface area contributed by atoms with Crippen molar-refractivity contribution in [3.05, 3.63) is 107 Å². The van der Waals surface area contributed by atoms with Gasteiger partial charge in [0, 0.05) is 66.3 Å². The van der Waals surface area contributed by atoms with E-state index in [4.69, 9.17) is 5.73 Å². The van der Waals surface area contributed by atoms with Gasteiger partial charge in [0.2, 0.25) is 5.43 Å². The van der Waals surface area contributed by atoms with E-state index >= 15 is 0 Å². The maximum Gasteiger partial charge on any atom is 0.261 e. The largest absolute Gasteiger partial charge is 0.383 e. The summed E-state index contributed by atoms with van der Waals surface area (Å²) in [6, 6.07) is 14.7. The number of hydrogen-bond donors (Lipinski definition) is 2. The Morgan fingerprint density at radius 3 is 2.26 bits per heavy atom. The molecule has 8 nitrogen and oxygen atoms in total. The summed E-state index contributed by atoms with van der Waals surface area (Å²) < 4.78 is 16.9. The molecule has 0 fully saturated rings. The Balaban J connectivity index is 1.41. The molecule has 1 amide bonds. The van der Waals surface area contributed by atoms with Gasteiger partial charge in [0.25, 0.3) is 5.91 Å². The molecule has 0 atom stereocenters. The first-order valence-corrected chi connectivity index (χ1v) is 12.0. The van der Waals surface area contributed by atoms with Crippen molar-refractivity contribution >= 4 is 17.4 Å². The molecule has 0 saturated heterocycles. The van der Waals surface area contributed by atoms with E-state index in [1.165, 1.54) is 30.5 Å². The van der Waals surface area contributed by atoms with Crippen LogP contribution in [0.15, 0.2) is 90.4 Å². The summed E-state index contributed by atoms with van der Waals surface area (Å²) in [4.78, 5) is 30.6. The van der Waals surface area contributed by atoms with Crippen LogP contribution < -0.4 is 16.5 Å². The maximum absolute atomic E-state index is 13.4. The topological polar surface area (TPSA) is 108 Å². The summed E-state index contributed by atoms with van der Waals surface area (Å²) >= 11 is 0. The predicted molar refractivity (Wildman–Crippen MR) is 146 cm³/mol. The predicted octanol–water partition coefficient (Wildman–Crippen LogP) is 4.97. The molecule has 9 heteroatoms. The van der Waals surface area contributed by atoms with Gasteiger partial charge < -0.3 is 15.6 Å². The van der Waals surface area contributed by atoms with Crippen LogP contribution in [0.5, 0.6) is 0 Å². The molecule has 0 radical (unpaired) electrons. The molecule has 0 bridgehead atoms. The number of anilines is 2. The first-order valence-electron chi connectivity index (χ1n) is 12.0. The van der Waals surface area contributed by atoms with Crippen molar-refractivity contribution in [2.45, 2.75) is 13.5 Å². The lowest BCUT2D eigenvalue weighted by Gasteiger charge is -2.12. The van der Waals surface area contributed by atoms with Crippen LogP contribution in [0.3, 0.4) is 0 Å². The smallest absolute Gasteiger partial charge is 0.261 e. The molecule has 3 N–H and O–H groups in total. The Hall–Kier alpha value is -5.05. The van der Waals surface area contributed by atoms with Gasteiger partial charge in [-0.25, -0.2) is 9.37 Å². The van der Waals surface area contributed by atoms with Crippen LogP contribution in [0.25, 0.3) is 33.4 Å². The Morgan fingerprint density at radius 1 is 0.921 bits per heavy atom. The number of halogens is 1. The van der Waals surface area contributed by atoms with Crippen LogP contribution in [0.4, 0.5) is 15.9 Å². The van der Waals surface area contributed by atoms with E-state index in [9.17, 15) is 14.0 Å². The summed E-state index contributed by atoms with van der Waals surface area (Å²) in [6.07, 6.45) is 8.54. The van der Waals surface area contributed by atoms with Gasteiger partial charge in [-0.2, -0.15) is 5.10 Å². The normalized spacial score (nSPS) is 10.9. The highest BCUT2D eigenvalue weighted by Gasteiger charge is 2.17. The fraction of sp³-hybridized carbons (Fsp3) is 0.103. The molecule has 2 aromatic carbocycles. The molecule has 5 rings (SSSR count). The minimum atomic E-state index is -0.534. The van der Waals surface area contributed by atoms with E-state index in [-0.39, 0.29) is 5.56 Å². The minimum Gasteiger partial charge on any atom is -0.383 e. The molecule has 0 unspecified atom stereocenters. The molecular weight excluding hydrogens is 483 g/mol. The minimum absolute atomic E-state index is 0.00429. The number of hydrogen-bond acceptors (Lipinski definition) is 5. The second kappa shape index (κ2) is 10.1. The molecule has 0 saturated carbocycles. The lowest BCUT2D eigenvalue weighted by atomic mass is 10.0. The van der Waals surface area contributed by atoms with E-state index in [0.717, 1.165) is 22.3 Å². The highest BCUT2D eigenvalue weighted by Crippen LogP contribution is 2.30. The van der Waals surface area contributed by atoms with E-state index in [2.05, 4.69) is 15.4 Å². The zero-order chi connectivity index (χ0) is 26.8. The number of carbonyl (C=O) groups excluding carboxylic acids is 1. The maximum atomic E-state index is 13.4. The second-order valence-electron chi connectivity index (χ2n) is 8.84. The van der Waals surface area contributed by atoms with Gasteiger partial charge >= 0.3 is 0 Å². The molecule has 190 valence electrons. The number of rotatable bonds is 6. The number of aryl methyl sites for hydroxylation is 2. The van der Waals surface area contributed by atoms with Crippen LogP contribution in [-0.4, -0.2) is 25.2 Å². The molecule has 0 aliphatic heterocycles. The first-order chi connectivity index (χ1) is 18.3. The summed E-state index contributed by atoms with van der Waals surface area (Å²) in [5.41, 5.74) is 10.5. The molecule has 0 aliphatic rings. The average molecular weight is 509 g/mol. The average Bonchev–Trinajstić information content (AvgIpc) is 3.36. The monoisotopic (exact) mass is 508 g/mol. The van der Waals surface area contributed by atoms with Gasteiger partial charge in [0.1, 0.15) is 17.2 Å². The summed E-state index contributed by atoms with van der Waals surface area (Å²) in [5.74, 6) is -0.552. The number of pyridine rings is 2. The summed E-state index contributed by atoms with van der Waals surface area (Å²) in [5, 5.41) is 7.00. The number of nitrogens with zero attached hydrogens (tertiary/aromatic N) is 4. The first kappa shape index (κ1) is 24.6. The molecule has 5 aromatic rings. The lowest BCUT2D eigenvalue weighted by Crippen LogP contribution is -2.24. The third-order valence-corrected chi connectivity index (χ3v) is 6.25. The van der Waals surface area contributed by atoms with Gasteiger partial charge in [-0.1, -0.05) is 24.3 Å². The molecule has 3 aromatic heterocycles. The van der Waals surface area contributed by atoms with Crippen molar-refractivity contribution in [3.8, 4) is 33.4 Å². The molecule has 0 aliphatic carbocycles. The van der Waals surface area contributed by atoms with Crippen LogP contribution in [0, 0.1) is 5.82 Å². The zero-order valence-corrected chi connectivity index (χ0v) is 20.9. The fourth-order valence-electron chi connectivity index (χ4n) is 4.18. The van der Waals surface area contributed by atoms with Gasteiger partial charge in [0.15, 0.2) is 0 Å². The summed E-state index contributed by atoms with van der Waals surface area (Å²) in [7, 11) is 1.85. The number of nitrogen functional groups attached to an aromatic ring is 1. The third-order valence-electron chi connectivity index (χ3n) is 6.25. The highest BCUT2D eigenvalue weighted by molar-refractivity contribution is 6.04. The second-order valence-corrected chi connectivity index (χ2v) is 8.84. The van der Waals surface area contributed by atoms with Crippen LogP contribution in [-0.2, 0) is 13.6 Å². The third kappa shape index (κ3) is 4.94. The van der Waals surface area contributed by atoms with Crippen molar-refractivity contribution in [1.82, 2.24) is 19.3 Å². The molecule has 3 heterocycles. The van der Waals surface area contributed by atoms with Gasteiger partial charge in [-0.3, -0.25) is 14.3 Å². The zero-order valence-electron chi connectivity index (χ0n) is 20.9. The van der Waals surface area contributed by atoms with Crippen LogP contribution >= 0.6 is 0 Å². The Kier molecular flexibility index (Phi) is 6.57. The summed E-state index contributed by atoms with van der Waals surface area (Å²) in [6.45, 7) is 2.46. The molecule has 38 heavy (non-hydrogen) atoms. The Bertz CT molecular complexity index is 1690. The van der Waals surface area contributed by atoms with E-state index in [0.29, 0.717) is 29.2 Å². The highest BCUT2D eigenvalue weighted by atomic mass is 19.1. The fourth-order valence-corrected chi connectivity index (χ4v) is 4.18. The molecule has 0 spiro atoms. The number of benzene rings is 2. The van der Waals surface area contributed by atoms with E-state index in [1.54, 1.807) is 40.0 Å². The standard InChI is InChI=1S/C29H25FN6O2/c1-3-36-16-25(19-4-8-22(30)9-5-19)27(37)26(17-36)29(38)34-23-10-6-18(7-11-23)24-12-20(13-32-28(24)31)21-14-33-35(2)15-21/h4-17H,3H2,1-2H3,(H2,31,32)(H,34,38).